The lowest BCUT2D eigenvalue weighted by Gasteiger charge is -2.27. The highest BCUT2D eigenvalue weighted by Gasteiger charge is 2.28. The zero-order valence-corrected chi connectivity index (χ0v) is 13.4. The fourth-order valence-corrected chi connectivity index (χ4v) is 3.01. The largest absolute Gasteiger partial charge is 0.493 e. The van der Waals surface area contributed by atoms with E-state index in [-0.39, 0.29) is 11.8 Å². The minimum atomic E-state index is -0.0475. The lowest BCUT2D eigenvalue weighted by atomic mass is 9.84. The number of benzene rings is 2. The maximum absolute atomic E-state index is 12.0. The lowest BCUT2D eigenvalue weighted by molar-refractivity contribution is -0.116. The number of para-hydroxylation sites is 1. The second kappa shape index (κ2) is 6.20. The third-order valence-electron chi connectivity index (χ3n) is 4.09. The van der Waals surface area contributed by atoms with Crippen molar-refractivity contribution in [2.75, 3.05) is 26.6 Å². The molecule has 5 nitrogen and oxygen atoms in total. The monoisotopic (exact) mass is 313 g/mol. The van der Waals surface area contributed by atoms with Gasteiger partial charge in [0, 0.05) is 18.0 Å². The Hall–Kier alpha value is -2.69. The van der Waals surface area contributed by atoms with E-state index in [2.05, 4.69) is 5.32 Å². The van der Waals surface area contributed by atoms with E-state index in [1.807, 2.05) is 36.4 Å². The predicted octanol–water partition coefficient (Wildman–Crippen LogP) is 3.19. The number of nitrogens with one attached hydrogen (secondary N) is 1. The van der Waals surface area contributed by atoms with Gasteiger partial charge in [-0.2, -0.15) is 0 Å². The SMILES string of the molecule is COc1cc([C@@H]2CC(=O)Nc3ccccc32)cc(OC)c1OC. The smallest absolute Gasteiger partial charge is 0.225 e. The van der Waals surface area contributed by atoms with E-state index < -0.39 is 0 Å². The van der Waals surface area contributed by atoms with Crippen molar-refractivity contribution < 1.29 is 19.0 Å². The molecular weight excluding hydrogens is 294 g/mol. The standard InChI is InChI=1S/C18H19NO4/c1-21-15-8-11(9-16(22-2)18(15)23-3)13-10-17(20)19-14-7-5-4-6-12(13)14/h4-9,13H,10H2,1-3H3,(H,19,20)/t13-/m0/s1. The average Bonchev–Trinajstić information content (AvgIpc) is 2.59. The van der Waals surface area contributed by atoms with Gasteiger partial charge in [-0.25, -0.2) is 0 Å². The first kappa shape index (κ1) is 15.2. The molecule has 0 aliphatic carbocycles. The molecule has 1 heterocycles. The second-order valence-electron chi connectivity index (χ2n) is 5.35. The Morgan fingerprint density at radius 2 is 1.65 bits per heavy atom. The molecular formula is C18H19NO4. The van der Waals surface area contributed by atoms with E-state index in [1.165, 1.54) is 0 Å². The van der Waals surface area contributed by atoms with Crippen molar-refractivity contribution in [3.8, 4) is 17.2 Å². The molecule has 1 N–H and O–H groups in total. The number of amides is 1. The van der Waals surface area contributed by atoms with Gasteiger partial charge in [-0.3, -0.25) is 4.79 Å². The average molecular weight is 313 g/mol. The highest BCUT2D eigenvalue weighted by Crippen LogP contribution is 2.44. The van der Waals surface area contributed by atoms with Crippen molar-refractivity contribution in [2.45, 2.75) is 12.3 Å². The van der Waals surface area contributed by atoms with E-state index in [0.717, 1.165) is 16.8 Å². The molecule has 1 aliphatic rings. The Bertz CT molecular complexity index is 717. The molecule has 23 heavy (non-hydrogen) atoms. The van der Waals surface area contributed by atoms with Crippen LogP contribution in [0.15, 0.2) is 36.4 Å². The fourth-order valence-electron chi connectivity index (χ4n) is 3.01. The Morgan fingerprint density at radius 1 is 1.00 bits per heavy atom. The summed E-state index contributed by atoms with van der Waals surface area (Å²) >= 11 is 0. The highest BCUT2D eigenvalue weighted by molar-refractivity contribution is 5.95. The van der Waals surface area contributed by atoms with Crippen molar-refractivity contribution in [1.29, 1.82) is 0 Å². The lowest BCUT2D eigenvalue weighted by Crippen LogP contribution is -2.23. The summed E-state index contributed by atoms with van der Waals surface area (Å²) in [4.78, 5) is 12.0. The van der Waals surface area contributed by atoms with Crippen molar-refractivity contribution in [2.24, 2.45) is 0 Å². The number of ether oxygens (including phenoxy) is 3. The molecule has 0 saturated heterocycles. The summed E-state index contributed by atoms with van der Waals surface area (Å²) in [5.74, 6) is 1.68. The van der Waals surface area contributed by atoms with Gasteiger partial charge in [0.15, 0.2) is 11.5 Å². The maximum atomic E-state index is 12.0. The molecule has 2 aromatic rings. The van der Waals surface area contributed by atoms with Gasteiger partial charge < -0.3 is 19.5 Å². The van der Waals surface area contributed by atoms with Crippen LogP contribution < -0.4 is 19.5 Å². The molecule has 5 heteroatoms. The van der Waals surface area contributed by atoms with Crippen LogP contribution >= 0.6 is 0 Å². The summed E-state index contributed by atoms with van der Waals surface area (Å²) in [5, 5.41) is 2.91. The van der Waals surface area contributed by atoms with Crippen molar-refractivity contribution >= 4 is 11.6 Å². The Kier molecular flexibility index (Phi) is 4.10. The first-order valence-corrected chi connectivity index (χ1v) is 7.36. The molecule has 0 fully saturated rings. The molecule has 0 bridgehead atoms. The molecule has 1 amide bonds. The van der Waals surface area contributed by atoms with Crippen LogP contribution in [0.5, 0.6) is 17.2 Å². The van der Waals surface area contributed by atoms with Crippen molar-refractivity contribution in [1.82, 2.24) is 0 Å². The van der Waals surface area contributed by atoms with E-state index >= 15 is 0 Å². The van der Waals surface area contributed by atoms with Crippen LogP contribution in [0.1, 0.15) is 23.5 Å². The van der Waals surface area contributed by atoms with Crippen LogP contribution in [0.4, 0.5) is 5.69 Å². The quantitative estimate of drug-likeness (QED) is 0.942. The zero-order chi connectivity index (χ0) is 16.4. The van der Waals surface area contributed by atoms with E-state index in [1.54, 1.807) is 21.3 Å². The first-order valence-electron chi connectivity index (χ1n) is 7.36. The number of hydrogen-bond acceptors (Lipinski definition) is 4. The molecule has 3 rings (SSSR count). The van der Waals surface area contributed by atoms with Gasteiger partial charge in [0.05, 0.1) is 21.3 Å². The number of rotatable bonds is 4. The Labute approximate surface area is 135 Å². The van der Waals surface area contributed by atoms with Crippen LogP contribution in [0.3, 0.4) is 0 Å². The molecule has 0 spiro atoms. The van der Waals surface area contributed by atoms with Crippen LogP contribution in [0.25, 0.3) is 0 Å². The molecule has 0 saturated carbocycles. The molecule has 0 aromatic heterocycles. The number of hydrogen-bond donors (Lipinski definition) is 1. The zero-order valence-electron chi connectivity index (χ0n) is 13.4. The molecule has 1 atom stereocenters. The highest BCUT2D eigenvalue weighted by atomic mass is 16.5. The summed E-state index contributed by atoms with van der Waals surface area (Å²) in [6.45, 7) is 0. The third-order valence-corrected chi connectivity index (χ3v) is 4.09. The van der Waals surface area contributed by atoms with E-state index in [9.17, 15) is 4.79 Å². The summed E-state index contributed by atoms with van der Waals surface area (Å²) in [5.41, 5.74) is 2.89. The summed E-state index contributed by atoms with van der Waals surface area (Å²) < 4.78 is 16.2. The summed E-state index contributed by atoms with van der Waals surface area (Å²) in [7, 11) is 4.74. The first-order chi connectivity index (χ1) is 11.2. The van der Waals surface area contributed by atoms with Crippen LogP contribution in [0, 0.1) is 0 Å². The number of anilines is 1. The normalized spacial score (nSPS) is 16.3. The van der Waals surface area contributed by atoms with Gasteiger partial charge >= 0.3 is 0 Å². The van der Waals surface area contributed by atoms with Gasteiger partial charge in [0.2, 0.25) is 11.7 Å². The summed E-state index contributed by atoms with van der Waals surface area (Å²) in [6, 6.07) is 11.6. The van der Waals surface area contributed by atoms with E-state index in [4.69, 9.17) is 14.2 Å². The van der Waals surface area contributed by atoms with Gasteiger partial charge in [0.25, 0.3) is 0 Å². The van der Waals surface area contributed by atoms with Crippen LogP contribution in [-0.2, 0) is 4.79 Å². The number of fused-ring (bicyclic) bond motifs is 1. The van der Waals surface area contributed by atoms with Crippen molar-refractivity contribution in [3.05, 3.63) is 47.5 Å². The van der Waals surface area contributed by atoms with Gasteiger partial charge in [-0.15, -0.1) is 0 Å². The van der Waals surface area contributed by atoms with Crippen LogP contribution in [-0.4, -0.2) is 27.2 Å². The summed E-state index contributed by atoms with van der Waals surface area (Å²) in [6.07, 6.45) is 0.385. The van der Waals surface area contributed by atoms with Crippen molar-refractivity contribution in [3.63, 3.8) is 0 Å². The van der Waals surface area contributed by atoms with Gasteiger partial charge in [-0.05, 0) is 29.3 Å². The molecule has 0 unspecified atom stereocenters. The molecule has 120 valence electrons. The predicted molar refractivity (Wildman–Crippen MR) is 87.6 cm³/mol. The topological polar surface area (TPSA) is 56.8 Å². The van der Waals surface area contributed by atoms with Gasteiger partial charge in [-0.1, -0.05) is 18.2 Å². The van der Waals surface area contributed by atoms with Crippen LogP contribution in [0.2, 0.25) is 0 Å². The minimum absolute atomic E-state index is 0.00227. The molecule has 0 radical (unpaired) electrons. The number of carbonyl (C=O) groups excluding carboxylic acids is 1. The van der Waals surface area contributed by atoms with E-state index in [0.29, 0.717) is 23.7 Å². The molecule has 2 aromatic carbocycles. The molecule has 1 aliphatic heterocycles. The minimum Gasteiger partial charge on any atom is -0.493 e. The Morgan fingerprint density at radius 3 is 2.26 bits per heavy atom. The number of carbonyl (C=O) groups is 1. The van der Waals surface area contributed by atoms with Gasteiger partial charge in [0.1, 0.15) is 0 Å². The number of methoxy groups -OCH3 is 3. The maximum Gasteiger partial charge on any atom is 0.225 e. The Balaban J connectivity index is 2.13. The fraction of sp³-hybridized carbons (Fsp3) is 0.278. The second-order valence-corrected chi connectivity index (χ2v) is 5.35. The third kappa shape index (κ3) is 2.70.